The van der Waals surface area contributed by atoms with E-state index in [2.05, 4.69) is 32.1 Å². The highest BCUT2D eigenvalue weighted by Crippen LogP contribution is 2.34. The molecule has 0 saturated carbocycles. The van der Waals surface area contributed by atoms with Crippen LogP contribution in [0.4, 0.5) is 0 Å². The molecule has 5 nitrogen and oxygen atoms in total. The normalized spacial score (nSPS) is 11.2. The lowest BCUT2D eigenvalue weighted by atomic mass is 10.1. The molecule has 0 fully saturated rings. The van der Waals surface area contributed by atoms with Gasteiger partial charge in [0.1, 0.15) is 11.0 Å². The van der Waals surface area contributed by atoms with Gasteiger partial charge in [0.05, 0.1) is 28.1 Å². The molecule has 1 N–H and O–H groups in total. The third-order valence-electron chi connectivity index (χ3n) is 5.41. The summed E-state index contributed by atoms with van der Waals surface area (Å²) in [5.74, 6) is 0. The van der Waals surface area contributed by atoms with Crippen LogP contribution in [0.1, 0.15) is 0 Å². The molecule has 5 heterocycles. The number of pyridine rings is 4. The molecule has 1 aromatic carbocycles. The van der Waals surface area contributed by atoms with E-state index in [1.54, 1.807) is 6.20 Å². The van der Waals surface area contributed by atoms with Crippen LogP contribution in [0.2, 0.25) is 0 Å². The molecule has 146 valence electrons. The number of hydrogen-bond donors (Lipinski definition) is 1. The molecule has 0 bridgehead atoms. The Kier molecular flexibility index (Phi) is 4.03. The van der Waals surface area contributed by atoms with Crippen molar-refractivity contribution >= 4 is 22.1 Å². The van der Waals surface area contributed by atoms with Crippen molar-refractivity contribution in [2.24, 2.45) is 0 Å². The largest absolute Gasteiger partial charge is 0.351 e. The molecule has 0 unspecified atom stereocenters. The number of H-pyrrole nitrogens is 1. The van der Waals surface area contributed by atoms with Crippen molar-refractivity contribution in [3.05, 3.63) is 97.5 Å². The van der Waals surface area contributed by atoms with Crippen LogP contribution in [0, 0.1) is 0 Å². The zero-order chi connectivity index (χ0) is 20.6. The molecule has 6 rings (SSSR count). The van der Waals surface area contributed by atoms with Gasteiger partial charge in [0.2, 0.25) is 0 Å². The molecule has 0 atom stereocenters. The van der Waals surface area contributed by atoms with E-state index in [-0.39, 0.29) is 0 Å². The van der Waals surface area contributed by atoms with Gasteiger partial charge in [-0.2, -0.15) is 0 Å². The van der Waals surface area contributed by atoms with Gasteiger partial charge in [-0.1, -0.05) is 42.5 Å². The molecule has 6 aromatic rings. The number of hydrogen-bond acceptors (Lipinski definition) is 4. The highest BCUT2D eigenvalue weighted by molar-refractivity contribution is 6.11. The van der Waals surface area contributed by atoms with Gasteiger partial charge in [-0.25, -0.2) is 4.98 Å². The Hall–Kier alpha value is -4.38. The van der Waals surface area contributed by atoms with Crippen LogP contribution < -0.4 is 0 Å². The van der Waals surface area contributed by atoms with Crippen LogP contribution in [0.15, 0.2) is 97.5 Å². The third-order valence-corrected chi connectivity index (χ3v) is 5.41. The first-order valence-electron chi connectivity index (χ1n) is 10.1. The second-order valence-electron chi connectivity index (χ2n) is 7.28. The number of fused-ring (bicyclic) bond motifs is 3. The van der Waals surface area contributed by atoms with Gasteiger partial charge >= 0.3 is 0 Å². The topological polar surface area (TPSA) is 67.3 Å². The number of aromatic amines is 1. The fourth-order valence-electron chi connectivity index (χ4n) is 3.96. The van der Waals surface area contributed by atoms with Gasteiger partial charge in [0.25, 0.3) is 0 Å². The molecule has 0 radical (unpaired) electrons. The van der Waals surface area contributed by atoms with Crippen molar-refractivity contribution < 1.29 is 0 Å². The van der Waals surface area contributed by atoms with E-state index in [1.807, 2.05) is 79.1 Å². The number of rotatable bonds is 3. The predicted molar refractivity (Wildman–Crippen MR) is 123 cm³/mol. The summed E-state index contributed by atoms with van der Waals surface area (Å²) in [7, 11) is 0. The van der Waals surface area contributed by atoms with Crippen LogP contribution in [0.25, 0.3) is 55.8 Å². The minimum absolute atomic E-state index is 0.831. The minimum Gasteiger partial charge on any atom is -0.351 e. The Bertz CT molecular complexity index is 1520. The summed E-state index contributed by atoms with van der Waals surface area (Å²) < 4.78 is 0. The lowest BCUT2D eigenvalue weighted by molar-refractivity contribution is 1.31. The molecule has 5 aromatic heterocycles. The first-order valence-corrected chi connectivity index (χ1v) is 10.1. The average Bonchev–Trinajstić information content (AvgIpc) is 3.24. The van der Waals surface area contributed by atoms with E-state index >= 15 is 0 Å². The molecular weight excluding hydrogens is 382 g/mol. The molecule has 31 heavy (non-hydrogen) atoms. The van der Waals surface area contributed by atoms with E-state index in [4.69, 9.17) is 4.98 Å². The van der Waals surface area contributed by atoms with Gasteiger partial charge in [-0.3, -0.25) is 15.0 Å². The number of benzene rings is 1. The first-order chi connectivity index (χ1) is 15.4. The van der Waals surface area contributed by atoms with Gasteiger partial charge in [-0.15, -0.1) is 0 Å². The SMILES string of the molecule is c1ccc(-c2cccc(-c3ccnc4c3[nH]c3c(-c5ccccn5)ccnc34)n2)cc1. The summed E-state index contributed by atoms with van der Waals surface area (Å²) in [6.07, 6.45) is 5.42. The van der Waals surface area contributed by atoms with Crippen LogP contribution in [-0.2, 0) is 0 Å². The lowest BCUT2D eigenvalue weighted by Crippen LogP contribution is -1.89. The monoisotopic (exact) mass is 399 g/mol. The highest BCUT2D eigenvalue weighted by atomic mass is 14.9. The van der Waals surface area contributed by atoms with Crippen LogP contribution in [0.5, 0.6) is 0 Å². The molecule has 5 heteroatoms. The summed E-state index contributed by atoms with van der Waals surface area (Å²) in [6.45, 7) is 0. The van der Waals surface area contributed by atoms with Crippen molar-refractivity contribution in [3.63, 3.8) is 0 Å². The summed E-state index contributed by atoms with van der Waals surface area (Å²) in [5.41, 5.74) is 9.31. The maximum atomic E-state index is 4.93. The average molecular weight is 399 g/mol. The van der Waals surface area contributed by atoms with E-state index in [0.717, 1.165) is 55.8 Å². The molecular formula is C26H17N5. The third kappa shape index (κ3) is 2.95. The van der Waals surface area contributed by atoms with Gasteiger partial charge in [0, 0.05) is 35.3 Å². The number of aromatic nitrogens is 5. The summed E-state index contributed by atoms with van der Waals surface area (Å²) >= 11 is 0. The molecule has 0 spiro atoms. The van der Waals surface area contributed by atoms with Crippen molar-refractivity contribution in [2.75, 3.05) is 0 Å². The molecule has 0 aliphatic rings. The van der Waals surface area contributed by atoms with Crippen LogP contribution in [0.3, 0.4) is 0 Å². The Morgan fingerprint density at radius 1 is 0.484 bits per heavy atom. The fourth-order valence-corrected chi connectivity index (χ4v) is 3.96. The van der Waals surface area contributed by atoms with Crippen molar-refractivity contribution in [1.82, 2.24) is 24.9 Å². The second kappa shape index (κ2) is 7.15. The van der Waals surface area contributed by atoms with Crippen molar-refractivity contribution in [1.29, 1.82) is 0 Å². The summed E-state index contributed by atoms with van der Waals surface area (Å²) in [5, 5.41) is 0. The standard InChI is InChI=1S/C26H17N5/c1-2-7-17(8-3-1)20-10-6-11-22(30-20)19-13-16-29-26-24(19)31-23-18(12-15-28-25(23)26)21-9-4-5-14-27-21/h1-16,31H. The van der Waals surface area contributed by atoms with Crippen molar-refractivity contribution in [3.8, 4) is 33.8 Å². The van der Waals surface area contributed by atoms with Crippen molar-refractivity contribution in [2.45, 2.75) is 0 Å². The maximum absolute atomic E-state index is 4.93. The van der Waals surface area contributed by atoms with Crippen LogP contribution in [-0.4, -0.2) is 24.9 Å². The lowest BCUT2D eigenvalue weighted by Gasteiger charge is -2.06. The molecule has 0 aliphatic heterocycles. The van der Waals surface area contributed by atoms with Gasteiger partial charge in [0.15, 0.2) is 0 Å². The fraction of sp³-hybridized carbons (Fsp3) is 0. The zero-order valence-corrected chi connectivity index (χ0v) is 16.5. The van der Waals surface area contributed by atoms with E-state index in [1.165, 1.54) is 0 Å². The smallest absolute Gasteiger partial charge is 0.115 e. The maximum Gasteiger partial charge on any atom is 0.115 e. The Morgan fingerprint density at radius 3 is 1.84 bits per heavy atom. The summed E-state index contributed by atoms with van der Waals surface area (Å²) in [6, 6.07) is 26.2. The van der Waals surface area contributed by atoms with Gasteiger partial charge in [-0.05, 0) is 36.4 Å². The highest BCUT2D eigenvalue weighted by Gasteiger charge is 2.16. The Labute approximate surface area is 178 Å². The minimum atomic E-state index is 0.831. The zero-order valence-electron chi connectivity index (χ0n) is 16.5. The van der Waals surface area contributed by atoms with E-state index < -0.39 is 0 Å². The Morgan fingerprint density at radius 2 is 1.13 bits per heavy atom. The van der Waals surface area contributed by atoms with E-state index in [0.29, 0.717) is 0 Å². The Balaban J connectivity index is 1.58. The molecule has 0 amide bonds. The number of nitrogens with zero attached hydrogens (tertiary/aromatic N) is 4. The first kappa shape index (κ1) is 17.5. The second-order valence-corrected chi connectivity index (χ2v) is 7.28. The summed E-state index contributed by atoms with van der Waals surface area (Å²) in [4.78, 5) is 22.3. The van der Waals surface area contributed by atoms with E-state index in [9.17, 15) is 0 Å². The van der Waals surface area contributed by atoms with Crippen LogP contribution >= 0.6 is 0 Å². The number of nitrogens with one attached hydrogen (secondary N) is 1. The van der Waals surface area contributed by atoms with Gasteiger partial charge < -0.3 is 4.98 Å². The molecule has 0 aliphatic carbocycles. The molecule has 0 saturated heterocycles. The quantitative estimate of drug-likeness (QED) is 0.402. The predicted octanol–water partition coefficient (Wildman–Crippen LogP) is 5.90.